The molecule has 0 aliphatic rings. The number of aliphatic hydroxyl groups excluding tert-OH is 1. The van der Waals surface area contributed by atoms with E-state index >= 15 is 0 Å². The lowest BCUT2D eigenvalue weighted by Crippen LogP contribution is -2.40. The van der Waals surface area contributed by atoms with Crippen LogP contribution in [0.15, 0.2) is 34.9 Å². The van der Waals surface area contributed by atoms with E-state index in [0.29, 0.717) is 12.1 Å². The maximum absolute atomic E-state index is 13.2. The number of alkyl carbamates (subject to hydrolysis) is 1. The Labute approximate surface area is 242 Å². The third-order valence-electron chi connectivity index (χ3n) is 5.51. The van der Waals surface area contributed by atoms with Gasteiger partial charge >= 0.3 is 18.4 Å². The summed E-state index contributed by atoms with van der Waals surface area (Å²) in [5.74, 6) is -1.76. The maximum atomic E-state index is 13.2. The Hall–Kier alpha value is -4.15. The topological polar surface area (TPSA) is 155 Å². The number of unbranched alkanes of at least 4 members (excludes halogenated alkanes) is 1. The zero-order valence-electron chi connectivity index (χ0n) is 23.9. The first-order valence-electron chi connectivity index (χ1n) is 12.9. The second kappa shape index (κ2) is 14.3. The van der Waals surface area contributed by atoms with E-state index in [0.717, 1.165) is 0 Å². The van der Waals surface area contributed by atoms with Crippen LogP contribution in [-0.2, 0) is 21.9 Å². The van der Waals surface area contributed by atoms with Crippen LogP contribution >= 0.6 is 0 Å². The van der Waals surface area contributed by atoms with E-state index in [2.05, 4.69) is 44.9 Å². The number of aliphatic hydroxyl groups is 1. The number of aromatic nitrogens is 4. The highest BCUT2D eigenvalue weighted by Crippen LogP contribution is 2.40. The summed E-state index contributed by atoms with van der Waals surface area (Å²) in [7, 11) is 0. The standard InChI is InChI=1S/C22H22F6N6O5.C4H10/c1-20(2,3)15(38-19(37)29-9-13(35)16(36)31-14-4-5-30-32-14)18-34-33-17(39-18)10-6-11(21(23,24)25)8-12(7-10)22(26,27)28;1-3-4-2/h4-8,13,15,35H,9H2,1-3H3,(H,29,37)(H2,30,31,32,36);3-4H2,1-2H3. The highest BCUT2D eigenvalue weighted by Gasteiger charge is 2.39. The van der Waals surface area contributed by atoms with E-state index in [1.807, 2.05) is 0 Å². The van der Waals surface area contributed by atoms with Crippen LogP contribution in [0.2, 0.25) is 0 Å². The van der Waals surface area contributed by atoms with E-state index in [-0.39, 0.29) is 11.9 Å². The van der Waals surface area contributed by atoms with E-state index in [9.17, 15) is 41.0 Å². The minimum Gasteiger partial charge on any atom is -0.436 e. The van der Waals surface area contributed by atoms with Crippen molar-refractivity contribution in [2.75, 3.05) is 11.9 Å². The van der Waals surface area contributed by atoms with Crippen LogP contribution < -0.4 is 10.6 Å². The number of nitrogens with zero attached hydrogens (tertiary/aromatic N) is 3. The fraction of sp³-hybridized carbons (Fsp3) is 0.500. The SMILES string of the molecule is CC(C)(C)C(OC(=O)NCC(O)C(=O)Nc1ccn[nH]1)c1nnc(-c2cc(C(F)(F)F)cc(C(F)(F)F)c2)o1.CCCC. The molecule has 3 aromatic rings. The van der Waals surface area contributed by atoms with Crippen LogP contribution in [0, 0.1) is 5.41 Å². The Balaban J connectivity index is 0.00000151. The number of carbonyl (C=O) groups is 2. The molecule has 2 atom stereocenters. The van der Waals surface area contributed by atoms with Gasteiger partial charge in [-0.2, -0.15) is 31.4 Å². The summed E-state index contributed by atoms with van der Waals surface area (Å²) in [6, 6.07) is 2.21. The van der Waals surface area contributed by atoms with Gasteiger partial charge in [0.25, 0.3) is 11.8 Å². The van der Waals surface area contributed by atoms with Crippen LogP contribution in [0.4, 0.5) is 37.0 Å². The molecular formula is C26H32F6N6O5. The Morgan fingerprint density at radius 3 is 2.05 bits per heavy atom. The van der Waals surface area contributed by atoms with Gasteiger partial charge < -0.3 is 24.9 Å². The second-order valence-corrected chi connectivity index (χ2v) is 10.2. The summed E-state index contributed by atoms with van der Waals surface area (Å²) in [6.07, 6.45) is -10.3. The van der Waals surface area contributed by atoms with E-state index in [1.165, 1.54) is 25.1 Å². The van der Waals surface area contributed by atoms with Crippen molar-refractivity contribution in [3.8, 4) is 11.5 Å². The molecule has 0 bridgehead atoms. The van der Waals surface area contributed by atoms with Crippen LogP contribution in [-0.4, -0.2) is 50.2 Å². The van der Waals surface area contributed by atoms with Crippen molar-refractivity contribution in [3.05, 3.63) is 47.5 Å². The monoisotopic (exact) mass is 622 g/mol. The zero-order valence-corrected chi connectivity index (χ0v) is 23.9. The van der Waals surface area contributed by atoms with Crippen LogP contribution in [0.5, 0.6) is 0 Å². The third-order valence-corrected chi connectivity index (χ3v) is 5.51. The Morgan fingerprint density at radius 1 is 1.00 bits per heavy atom. The summed E-state index contributed by atoms with van der Waals surface area (Å²) in [5.41, 5.74) is -4.77. The smallest absolute Gasteiger partial charge is 0.416 e. The molecule has 11 nitrogen and oxygen atoms in total. The number of benzene rings is 1. The number of amides is 2. The molecular weight excluding hydrogens is 590 g/mol. The van der Waals surface area contributed by atoms with Gasteiger partial charge in [-0.3, -0.25) is 9.89 Å². The number of aromatic amines is 1. The van der Waals surface area contributed by atoms with Crippen molar-refractivity contribution in [1.29, 1.82) is 0 Å². The predicted octanol–water partition coefficient (Wildman–Crippen LogP) is 6.12. The van der Waals surface area contributed by atoms with Crippen molar-refractivity contribution >= 4 is 17.8 Å². The Morgan fingerprint density at radius 2 is 1.58 bits per heavy atom. The largest absolute Gasteiger partial charge is 0.436 e. The third kappa shape index (κ3) is 10.6. The number of nitrogens with one attached hydrogen (secondary N) is 3. The molecule has 2 heterocycles. The number of hydrogen-bond donors (Lipinski definition) is 4. The van der Waals surface area contributed by atoms with Gasteiger partial charge in [0.2, 0.25) is 5.89 Å². The molecule has 2 aromatic heterocycles. The quantitative estimate of drug-likeness (QED) is 0.219. The lowest BCUT2D eigenvalue weighted by Gasteiger charge is -2.27. The van der Waals surface area contributed by atoms with Gasteiger partial charge in [-0.1, -0.05) is 47.5 Å². The zero-order chi connectivity index (χ0) is 32.6. The molecule has 43 heavy (non-hydrogen) atoms. The summed E-state index contributed by atoms with van der Waals surface area (Å²) >= 11 is 0. The molecule has 17 heteroatoms. The average molecular weight is 623 g/mol. The number of carbonyl (C=O) groups excluding carboxylic acids is 2. The number of ether oxygens (including phenoxy) is 1. The normalized spacial score (nSPS) is 13.4. The van der Waals surface area contributed by atoms with Gasteiger partial charge in [-0.05, 0) is 18.2 Å². The molecule has 238 valence electrons. The lowest BCUT2D eigenvalue weighted by molar-refractivity contribution is -0.143. The Kier molecular flexibility index (Phi) is 11.7. The maximum Gasteiger partial charge on any atom is 0.416 e. The van der Waals surface area contributed by atoms with Crippen molar-refractivity contribution in [1.82, 2.24) is 25.7 Å². The molecule has 2 amide bonds. The summed E-state index contributed by atoms with van der Waals surface area (Å²) in [5, 5.41) is 27.7. The molecule has 0 spiro atoms. The number of anilines is 1. The molecule has 0 aliphatic heterocycles. The van der Waals surface area contributed by atoms with Gasteiger partial charge in [-0.15, -0.1) is 10.2 Å². The van der Waals surface area contributed by atoms with E-state index in [4.69, 9.17) is 9.15 Å². The summed E-state index contributed by atoms with van der Waals surface area (Å²) in [6.45, 7) is 8.52. The first-order chi connectivity index (χ1) is 19.9. The fourth-order valence-electron chi connectivity index (χ4n) is 3.10. The molecule has 1 aromatic carbocycles. The van der Waals surface area contributed by atoms with Gasteiger partial charge in [-0.25, -0.2) is 4.79 Å². The van der Waals surface area contributed by atoms with Crippen molar-refractivity contribution in [3.63, 3.8) is 0 Å². The molecule has 0 saturated carbocycles. The minimum atomic E-state index is -5.09. The Bertz CT molecular complexity index is 1300. The summed E-state index contributed by atoms with van der Waals surface area (Å²) in [4.78, 5) is 24.3. The average Bonchev–Trinajstić information content (AvgIpc) is 3.61. The molecule has 0 aliphatic carbocycles. The van der Waals surface area contributed by atoms with Crippen molar-refractivity contribution in [2.24, 2.45) is 5.41 Å². The van der Waals surface area contributed by atoms with Crippen molar-refractivity contribution < 1.29 is 50.2 Å². The highest BCUT2D eigenvalue weighted by molar-refractivity contribution is 5.93. The molecule has 0 radical (unpaired) electrons. The molecule has 3 rings (SSSR count). The van der Waals surface area contributed by atoms with E-state index < -0.39 is 77.0 Å². The van der Waals surface area contributed by atoms with Crippen LogP contribution in [0.3, 0.4) is 0 Å². The highest BCUT2D eigenvalue weighted by atomic mass is 19.4. The molecule has 4 N–H and O–H groups in total. The molecule has 0 saturated heterocycles. The first-order valence-corrected chi connectivity index (χ1v) is 12.9. The number of hydrogen-bond acceptors (Lipinski definition) is 8. The van der Waals surface area contributed by atoms with E-state index in [1.54, 1.807) is 20.8 Å². The van der Waals surface area contributed by atoms with Crippen LogP contribution in [0.25, 0.3) is 11.5 Å². The number of H-pyrrole nitrogens is 1. The minimum absolute atomic E-state index is 0.0458. The van der Waals surface area contributed by atoms with Gasteiger partial charge in [0.1, 0.15) is 5.82 Å². The molecule has 0 fully saturated rings. The second-order valence-electron chi connectivity index (χ2n) is 10.2. The lowest BCUT2D eigenvalue weighted by atomic mass is 9.89. The number of rotatable bonds is 8. The number of alkyl halides is 6. The first kappa shape index (κ1) is 35.0. The number of halogens is 6. The van der Waals surface area contributed by atoms with Gasteiger partial charge in [0, 0.05) is 17.0 Å². The van der Waals surface area contributed by atoms with Gasteiger partial charge in [0.05, 0.1) is 23.9 Å². The predicted molar refractivity (Wildman–Crippen MR) is 140 cm³/mol. The summed E-state index contributed by atoms with van der Waals surface area (Å²) < 4.78 is 89.9. The van der Waals surface area contributed by atoms with Crippen LogP contribution in [0.1, 0.15) is 70.6 Å². The van der Waals surface area contributed by atoms with Crippen molar-refractivity contribution in [2.45, 2.75) is 72.0 Å². The molecule has 2 unspecified atom stereocenters. The fourth-order valence-corrected chi connectivity index (χ4v) is 3.10. The van der Waals surface area contributed by atoms with Gasteiger partial charge in [0.15, 0.2) is 12.2 Å².